The van der Waals surface area contributed by atoms with Crippen LogP contribution in [0.1, 0.15) is 98.3 Å². The minimum absolute atomic E-state index is 0.0910. The highest BCUT2D eigenvalue weighted by Crippen LogP contribution is 2.66. The lowest BCUT2D eigenvalue weighted by Gasteiger charge is -2.58. The van der Waals surface area contributed by atoms with E-state index in [2.05, 4.69) is 19.9 Å². The molecular weight excluding hydrogens is 360 g/mol. The SMILES string of the molecule is CC(C)(O)CCCCC1CCC2C3CC=C4C(O)C(O)CCC4(C)C3CCC12C. The summed E-state index contributed by atoms with van der Waals surface area (Å²) < 4.78 is 0. The van der Waals surface area contributed by atoms with Gasteiger partial charge in [0.2, 0.25) is 0 Å². The van der Waals surface area contributed by atoms with Crippen molar-refractivity contribution in [3.63, 3.8) is 0 Å². The summed E-state index contributed by atoms with van der Waals surface area (Å²) in [6, 6.07) is 0. The predicted molar refractivity (Wildman–Crippen MR) is 117 cm³/mol. The normalized spacial score (nSPS) is 47.2. The molecule has 0 aromatic heterocycles. The first-order valence-corrected chi connectivity index (χ1v) is 12.4. The maximum absolute atomic E-state index is 10.7. The topological polar surface area (TPSA) is 60.7 Å². The zero-order valence-electron chi connectivity index (χ0n) is 19.2. The Hall–Kier alpha value is -0.380. The first-order chi connectivity index (χ1) is 13.6. The Kier molecular flexibility index (Phi) is 5.75. The molecule has 8 unspecified atom stereocenters. The molecule has 0 aliphatic heterocycles. The largest absolute Gasteiger partial charge is 0.390 e. The van der Waals surface area contributed by atoms with E-state index < -0.39 is 17.8 Å². The Balaban J connectivity index is 1.46. The van der Waals surface area contributed by atoms with Gasteiger partial charge in [-0.1, -0.05) is 32.8 Å². The van der Waals surface area contributed by atoms with Gasteiger partial charge in [-0.2, -0.15) is 0 Å². The summed E-state index contributed by atoms with van der Waals surface area (Å²) in [4.78, 5) is 0. The maximum atomic E-state index is 10.7. The number of aliphatic hydroxyl groups excluding tert-OH is 2. The van der Waals surface area contributed by atoms with Crippen LogP contribution in [0.2, 0.25) is 0 Å². The molecule has 4 rings (SSSR count). The van der Waals surface area contributed by atoms with E-state index in [1.165, 1.54) is 38.5 Å². The molecule has 3 nitrogen and oxygen atoms in total. The van der Waals surface area contributed by atoms with Crippen LogP contribution in [0.5, 0.6) is 0 Å². The molecule has 0 amide bonds. The summed E-state index contributed by atoms with van der Waals surface area (Å²) in [6.07, 6.45) is 14.0. The van der Waals surface area contributed by atoms with Crippen LogP contribution in [0.3, 0.4) is 0 Å². The fraction of sp³-hybridized carbons (Fsp3) is 0.923. The Bertz CT molecular complexity index is 634. The average molecular weight is 405 g/mol. The number of unbranched alkanes of at least 4 members (excludes halogenated alkanes) is 1. The van der Waals surface area contributed by atoms with Crippen molar-refractivity contribution in [1.82, 2.24) is 0 Å². The highest BCUT2D eigenvalue weighted by Gasteiger charge is 2.59. The van der Waals surface area contributed by atoms with Crippen LogP contribution in [0.4, 0.5) is 0 Å². The Morgan fingerprint density at radius 2 is 1.76 bits per heavy atom. The zero-order valence-corrected chi connectivity index (χ0v) is 19.2. The van der Waals surface area contributed by atoms with Crippen molar-refractivity contribution in [2.45, 2.75) is 116 Å². The van der Waals surface area contributed by atoms with E-state index in [0.29, 0.717) is 11.3 Å². The van der Waals surface area contributed by atoms with Crippen LogP contribution in [0.15, 0.2) is 11.6 Å². The average Bonchev–Trinajstić information content (AvgIpc) is 2.98. The van der Waals surface area contributed by atoms with Crippen molar-refractivity contribution in [1.29, 1.82) is 0 Å². The van der Waals surface area contributed by atoms with Gasteiger partial charge in [0.15, 0.2) is 0 Å². The third-order valence-electron chi connectivity index (χ3n) is 9.95. The molecule has 3 fully saturated rings. The van der Waals surface area contributed by atoms with Crippen molar-refractivity contribution in [2.24, 2.45) is 34.5 Å². The van der Waals surface area contributed by atoms with Gasteiger partial charge >= 0.3 is 0 Å². The third-order valence-corrected chi connectivity index (χ3v) is 9.95. The molecular formula is C26H44O3. The van der Waals surface area contributed by atoms with Crippen LogP contribution >= 0.6 is 0 Å². The summed E-state index contributed by atoms with van der Waals surface area (Å²) in [5.74, 6) is 3.09. The number of hydrogen-bond acceptors (Lipinski definition) is 3. The van der Waals surface area contributed by atoms with Gasteiger partial charge in [0.1, 0.15) is 6.10 Å². The number of rotatable bonds is 5. The zero-order chi connectivity index (χ0) is 21.0. The smallest absolute Gasteiger partial charge is 0.101 e. The highest BCUT2D eigenvalue weighted by molar-refractivity contribution is 5.29. The second kappa shape index (κ2) is 7.64. The van der Waals surface area contributed by atoms with Crippen LogP contribution in [-0.2, 0) is 0 Å². The molecule has 3 N–H and O–H groups in total. The summed E-state index contributed by atoms with van der Waals surface area (Å²) >= 11 is 0. The van der Waals surface area contributed by atoms with E-state index in [4.69, 9.17) is 0 Å². The van der Waals surface area contributed by atoms with Gasteiger partial charge in [-0.15, -0.1) is 0 Å². The summed E-state index contributed by atoms with van der Waals surface area (Å²) in [7, 11) is 0. The Morgan fingerprint density at radius 1 is 1.00 bits per heavy atom. The minimum atomic E-state index is -0.643. The second-order valence-electron chi connectivity index (χ2n) is 12.1. The number of fused-ring (bicyclic) bond motifs is 5. The van der Waals surface area contributed by atoms with Gasteiger partial charge in [-0.05, 0) is 112 Å². The quantitative estimate of drug-likeness (QED) is 0.434. The number of aliphatic hydroxyl groups is 3. The fourth-order valence-electron chi connectivity index (χ4n) is 8.25. The van der Waals surface area contributed by atoms with E-state index in [9.17, 15) is 15.3 Å². The molecule has 0 radical (unpaired) electrons. The van der Waals surface area contributed by atoms with Gasteiger partial charge in [0, 0.05) is 0 Å². The lowest BCUT2D eigenvalue weighted by atomic mass is 9.47. The first-order valence-electron chi connectivity index (χ1n) is 12.4. The molecule has 3 heteroatoms. The van der Waals surface area contributed by atoms with E-state index >= 15 is 0 Å². The van der Waals surface area contributed by atoms with Gasteiger partial charge in [-0.3, -0.25) is 0 Å². The summed E-state index contributed by atoms with van der Waals surface area (Å²) in [5, 5.41) is 30.8. The second-order valence-corrected chi connectivity index (χ2v) is 12.1. The van der Waals surface area contributed by atoms with Crippen LogP contribution < -0.4 is 0 Å². The molecule has 4 aliphatic rings. The molecule has 3 saturated carbocycles. The molecule has 0 spiro atoms. The predicted octanol–water partition coefficient (Wildman–Crippen LogP) is 5.23. The third kappa shape index (κ3) is 3.74. The molecule has 4 aliphatic carbocycles. The van der Waals surface area contributed by atoms with Crippen molar-refractivity contribution in [2.75, 3.05) is 0 Å². The lowest BCUT2D eigenvalue weighted by Crippen LogP contribution is -2.53. The maximum Gasteiger partial charge on any atom is 0.101 e. The number of allylic oxidation sites excluding steroid dienone is 1. The molecule has 0 bridgehead atoms. The van der Waals surface area contributed by atoms with Crippen molar-refractivity contribution >= 4 is 0 Å². The molecule has 0 saturated heterocycles. The van der Waals surface area contributed by atoms with E-state index in [1.807, 2.05) is 13.8 Å². The molecule has 29 heavy (non-hydrogen) atoms. The number of hydrogen-bond donors (Lipinski definition) is 3. The van der Waals surface area contributed by atoms with Crippen molar-refractivity contribution < 1.29 is 15.3 Å². The molecule has 0 aromatic rings. The molecule has 8 atom stereocenters. The Morgan fingerprint density at radius 3 is 2.48 bits per heavy atom. The van der Waals surface area contributed by atoms with E-state index in [1.54, 1.807) is 0 Å². The fourth-order valence-corrected chi connectivity index (χ4v) is 8.25. The molecule has 0 heterocycles. The van der Waals surface area contributed by atoms with Crippen molar-refractivity contribution in [3.8, 4) is 0 Å². The van der Waals surface area contributed by atoms with Crippen LogP contribution in [-0.4, -0.2) is 33.1 Å². The summed E-state index contributed by atoms with van der Waals surface area (Å²) in [6.45, 7) is 8.82. The monoisotopic (exact) mass is 404 g/mol. The Labute approximate surface area is 178 Å². The van der Waals surface area contributed by atoms with Gasteiger partial charge < -0.3 is 15.3 Å². The minimum Gasteiger partial charge on any atom is -0.390 e. The molecule has 0 aromatic carbocycles. The molecule has 166 valence electrons. The highest BCUT2D eigenvalue weighted by atomic mass is 16.3. The van der Waals surface area contributed by atoms with Crippen LogP contribution in [0.25, 0.3) is 0 Å². The van der Waals surface area contributed by atoms with E-state index in [0.717, 1.165) is 55.4 Å². The van der Waals surface area contributed by atoms with E-state index in [-0.39, 0.29) is 5.41 Å². The van der Waals surface area contributed by atoms with Gasteiger partial charge in [0.05, 0.1) is 11.7 Å². The standard InChI is InChI=1S/C26H44O3/c1-24(2,29)14-6-5-7-17-8-10-19-18-9-11-21-23(28)22(27)13-16-26(21,4)20(18)12-15-25(17,19)3/h11,17-20,22-23,27-29H,5-10,12-16H2,1-4H3. The van der Waals surface area contributed by atoms with Gasteiger partial charge in [-0.25, -0.2) is 0 Å². The lowest BCUT2D eigenvalue weighted by molar-refractivity contribution is -0.0766. The van der Waals surface area contributed by atoms with Gasteiger partial charge in [0.25, 0.3) is 0 Å². The van der Waals surface area contributed by atoms with Crippen LogP contribution in [0, 0.1) is 34.5 Å². The first kappa shape index (κ1) is 21.8. The van der Waals surface area contributed by atoms with Crippen molar-refractivity contribution in [3.05, 3.63) is 11.6 Å². The summed E-state index contributed by atoms with van der Waals surface area (Å²) in [5.41, 5.74) is 1.19.